The summed E-state index contributed by atoms with van der Waals surface area (Å²) in [7, 11) is 1.94. The number of hydrogen-bond donors (Lipinski definition) is 1. The first-order chi connectivity index (χ1) is 15.0. The van der Waals surface area contributed by atoms with Gasteiger partial charge in [-0.15, -0.1) is 0 Å². The highest BCUT2D eigenvalue weighted by Gasteiger charge is 2.39. The third kappa shape index (κ3) is 3.87. The second-order valence-electron chi connectivity index (χ2n) is 8.89. The van der Waals surface area contributed by atoms with Crippen molar-refractivity contribution in [2.45, 2.75) is 50.7 Å². The fraction of sp³-hybridized carbons (Fsp3) is 0.478. The molecule has 1 aromatic carbocycles. The van der Waals surface area contributed by atoms with Crippen LogP contribution in [0.25, 0.3) is 0 Å². The zero-order valence-corrected chi connectivity index (χ0v) is 17.7. The minimum atomic E-state index is -0.559. The Bertz CT molecular complexity index is 1040. The second kappa shape index (κ2) is 7.92. The predicted octanol–water partition coefficient (Wildman–Crippen LogP) is 1.56. The van der Waals surface area contributed by atoms with Gasteiger partial charge in [-0.1, -0.05) is 12.1 Å². The summed E-state index contributed by atoms with van der Waals surface area (Å²) >= 11 is 0. The summed E-state index contributed by atoms with van der Waals surface area (Å²) in [6, 6.07) is 5.59. The van der Waals surface area contributed by atoms with Crippen molar-refractivity contribution >= 4 is 17.7 Å². The van der Waals surface area contributed by atoms with Gasteiger partial charge in [0.1, 0.15) is 6.04 Å². The summed E-state index contributed by atoms with van der Waals surface area (Å²) in [4.78, 5) is 40.6. The number of amides is 3. The van der Waals surface area contributed by atoms with Crippen molar-refractivity contribution in [3.63, 3.8) is 0 Å². The summed E-state index contributed by atoms with van der Waals surface area (Å²) in [5.41, 5.74) is 4.19. The lowest BCUT2D eigenvalue weighted by Crippen LogP contribution is -2.52. The van der Waals surface area contributed by atoms with E-state index in [0.717, 1.165) is 38.0 Å². The first-order valence-corrected chi connectivity index (χ1v) is 11.0. The largest absolute Gasteiger partial charge is 0.322 e. The lowest BCUT2D eigenvalue weighted by Gasteiger charge is -2.32. The van der Waals surface area contributed by atoms with Crippen molar-refractivity contribution in [1.29, 1.82) is 0 Å². The molecule has 3 aliphatic heterocycles. The highest BCUT2D eigenvalue weighted by Crippen LogP contribution is 2.33. The zero-order valence-electron chi connectivity index (χ0n) is 17.7. The van der Waals surface area contributed by atoms with Crippen molar-refractivity contribution in [2.24, 2.45) is 7.05 Å². The fourth-order valence-corrected chi connectivity index (χ4v) is 5.08. The number of likely N-dealkylation sites (tertiary alicyclic amines) is 1. The summed E-state index contributed by atoms with van der Waals surface area (Å²) < 4.78 is 1.84. The molecule has 0 spiro atoms. The highest BCUT2D eigenvalue weighted by atomic mass is 16.2. The molecule has 5 rings (SSSR count). The average molecular weight is 422 g/mol. The van der Waals surface area contributed by atoms with E-state index >= 15 is 0 Å². The number of carbonyl (C=O) groups excluding carboxylic acids is 3. The summed E-state index contributed by atoms with van der Waals surface area (Å²) in [5.74, 6) is -0.251. The monoisotopic (exact) mass is 421 g/mol. The number of piperidine rings is 2. The van der Waals surface area contributed by atoms with Crippen molar-refractivity contribution in [1.82, 2.24) is 24.9 Å². The van der Waals surface area contributed by atoms with Crippen LogP contribution >= 0.6 is 0 Å². The molecule has 2 saturated heterocycles. The summed E-state index contributed by atoms with van der Waals surface area (Å²) in [6.45, 7) is 3.45. The van der Waals surface area contributed by atoms with E-state index in [1.807, 2.05) is 24.0 Å². The highest BCUT2D eigenvalue weighted by molar-refractivity contribution is 6.05. The normalized spacial score (nSPS) is 22.7. The second-order valence-corrected chi connectivity index (χ2v) is 8.89. The number of imide groups is 1. The number of rotatable bonds is 4. The Morgan fingerprint density at radius 3 is 2.65 bits per heavy atom. The Labute approximate surface area is 181 Å². The van der Waals surface area contributed by atoms with E-state index in [4.69, 9.17) is 0 Å². The quantitative estimate of drug-likeness (QED) is 0.757. The van der Waals surface area contributed by atoms with Gasteiger partial charge in [0.25, 0.3) is 5.91 Å². The molecule has 3 aliphatic rings. The van der Waals surface area contributed by atoms with Crippen LogP contribution in [0.3, 0.4) is 0 Å². The molecular weight excluding hydrogens is 394 g/mol. The molecular formula is C23H27N5O3. The van der Waals surface area contributed by atoms with Crippen LogP contribution in [0, 0.1) is 0 Å². The minimum Gasteiger partial charge on any atom is -0.322 e. The molecule has 162 valence electrons. The number of aromatic nitrogens is 2. The van der Waals surface area contributed by atoms with Gasteiger partial charge in [0, 0.05) is 43.9 Å². The molecule has 2 aromatic rings. The van der Waals surface area contributed by atoms with Gasteiger partial charge in [-0.25, -0.2) is 0 Å². The summed E-state index contributed by atoms with van der Waals surface area (Å²) in [6.07, 6.45) is 6.84. The number of nitrogens with zero attached hydrogens (tertiary/aromatic N) is 4. The Hall–Kier alpha value is -3.00. The van der Waals surface area contributed by atoms with Crippen LogP contribution in [0.5, 0.6) is 0 Å². The van der Waals surface area contributed by atoms with Gasteiger partial charge in [0.2, 0.25) is 11.8 Å². The molecule has 0 aliphatic carbocycles. The smallest absolute Gasteiger partial charge is 0.255 e. The predicted molar refractivity (Wildman–Crippen MR) is 113 cm³/mol. The van der Waals surface area contributed by atoms with Crippen LogP contribution in [0.1, 0.15) is 58.6 Å². The van der Waals surface area contributed by atoms with E-state index < -0.39 is 6.04 Å². The molecule has 2 fully saturated rings. The van der Waals surface area contributed by atoms with Crippen molar-refractivity contribution in [3.05, 3.63) is 52.8 Å². The summed E-state index contributed by atoms with van der Waals surface area (Å²) in [5, 5.41) is 6.61. The molecule has 0 saturated carbocycles. The Balaban J connectivity index is 1.23. The Kier molecular flexibility index (Phi) is 5.09. The van der Waals surface area contributed by atoms with Crippen LogP contribution in [-0.4, -0.2) is 56.4 Å². The van der Waals surface area contributed by atoms with E-state index in [1.165, 1.54) is 11.1 Å². The molecule has 1 N–H and O–H groups in total. The maximum atomic E-state index is 12.9. The van der Waals surface area contributed by atoms with E-state index in [1.54, 1.807) is 4.90 Å². The molecule has 3 amide bonds. The third-order valence-corrected chi connectivity index (χ3v) is 6.77. The van der Waals surface area contributed by atoms with E-state index in [0.29, 0.717) is 24.4 Å². The first kappa shape index (κ1) is 19.9. The van der Waals surface area contributed by atoms with E-state index in [9.17, 15) is 14.4 Å². The number of carbonyl (C=O) groups is 3. The molecule has 0 bridgehead atoms. The minimum absolute atomic E-state index is 0.109. The van der Waals surface area contributed by atoms with Crippen LogP contribution in [0.15, 0.2) is 30.6 Å². The molecule has 1 unspecified atom stereocenters. The zero-order chi connectivity index (χ0) is 21.5. The average Bonchev–Trinajstić information content (AvgIpc) is 3.31. The van der Waals surface area contributed by atoms with Gasteiger partial charge in [-0.2, -0.15) is 5.10 Å². The van der Waals surface area contributed by atoms with Crippen LogP contribution in [0.4, 0.5) is 0 Å². The van der Waals surface area contributed by atoms with Gasteiger partial charge in [0.05, 0.1) is 6.20 Å². The van der Waals surface area contributed by atoms with Crippen LogP contribution < -0.4 is 5.32 Å². The molecule has 0 radical (unpaired) electrons. The van der Waals surface area contributed by atoms with Gasteiger partial charge in [-0.05, 0) is 55.5 Å². The maximum Gasteiger partial charge on any atom is 0.255 e. The van der Waals surface area contributed by atoms with Crippen molar-refractivity contribution < 1.29 is 14.4 Å². The van der Waals surface area contributed by atoms with Gasteiger partial charge >= 0.3 is 0 Å². The SMILES string of the molecule is Cn1cc(CN2CCC(c3ccc4c(c3)CN(C3CCC(=O)NC3=O)C4=O)CC2)cn1. The third-order valence-electron chi connectivity index (χ3n) is 6.77. The van der Waals surface area contributed by atoms with Gasteiger partial charge < -0.3 is 4.90 Å². The van der Waals surface area contributed by atoms with Crippen molar-refractivity contribution in [2.75, 3.05) is 13.1 Å². The van der Waals surface area contributed by atoms with E-state index in [2.05, 4.69) is 33.6 Å². The number of aryl methyl sites for hydroxylation is 1. The molecule has 8 nitrogen and oxygen atoms in total. The maximum absolute atomic E-state index is 12.9. The Morgan fingerprint density at radius 2 is 1.94 bits per heavy atom. The molecule has 1 aromatic heterocycles. The molecule has 4 heterocycles. The molecule has 8 heteroatoms. The van der Waals surface area contributed by atoms with Crippen molar-refractivity contribution in [3.8, 4) is 0 Å². The van der Waals surface area contributed by atoms with Gasteiger partial charge in [0.15, 0.2) is 0 Å². The molecule has 1 atom stereocenters. The fourth-order valence-electron chi connectivity index (χ4n) is 5.08. The Morgan fingerprint density at radius 1 is 1.13 bits per heavy atom. The molecule has 31 heavy (non-hydrogen) atoms. The topological polar surface area (TPSA) is 87.5 Å². The number of fused-ring (bicyclic) bond motifs is 1. The van der Waals surface area contributed by atoms with Crippen LogP contribution in [-0.2, 0) is 29.7 Å². The lowest BCUT2D eigenvalue weighted by atomic mass is 9.88. The van der Waals surface area contributed by atoms with E-state index in [-0.39, 0.29) is 24.1 Å². The standard InChI is InChI=1S/C23H27N5O3/c1-26-12-15(11-24-26)13-27-8-6-16(7-9-27)17-2-3-19-18(10-17)14-28(23(19)31)20-4-5-21(29)25-22(20)30/h2-3,10-12,16,20H,4-9,13-14H2,1H3,(H,25,29,30). The van der Waals surface area contributed by atoms with Gasteiger partial charge in [-0.3, -0.25) is 29.3 Å². The number of hydrogen-bond acceptors (Lipinski definition) is 5. The number of nitrogens with one attached hydrogen (secondary N) is 1. The number of benzene rings is 1. The first-order valence-electron chi connectivity index (χ1n) is 11.0. The lowest BCUT2D eigenvalue weighted by molar-refractivity contribution is -0.136. The van der Waals surface area contributed by atoms with Crippen LogP contribution in [0.2, 0.25) is 0 Å².